The van der Waals surface area contributed by atoms with Crippen LogP contribution in [-0.2, 0) is 11.3 Å². The van der Waals surface area contributed by atoms with E-state index in [1.807, 2.05) is 12.1 Å². The Morgan fingerprint density at radius 2 is 1.81 bits per heavy atom. The molecule has 0 bridgehead atoms. The van der Waals surface area contributed by atoms with Gasteiger partial charge in [0, 0.05) is 32.2 Å². The van der Waals surface area contributed by atoms with Gasteiger partial charge in [0.15, 0.2) is 0 Å². The van der Waals surface area contributed by atoms with Crippen molar-refractivity contribution in [1.29, 1.82) is 0 Å². The molecule has 0 unspecified atom stereocenters. The van der Waals surface area contributed by atoms with Gasteiger partial charge in [-0.05, 0) is 36.7 Å². The van der Waals surface area contributed by atoms with E-state index in [1.165, 1.54) is 18.2 Å². The Hall–Kier alpha value is -3.35. The Balaban J connectivity index is 1.10. The van der Waals surface area contributed by atoms with Crippen LogP contribution in [0.3, 0.4) is 0 Å². The summed E-state index contributed by atoms with van der Waals surface area (Å²) < 4.78 is 54.2. The molecule has 0 spiro atoms. The second-order valence-electron chi connectivity index (χ2n) is 7.80. The van der Waals surface area contributed by atoms with Gasteiger partial charge in [0.05, 0.1) is 34.4 Å². The summed E-state index contributed by atoms with van der Waals surface area (Å²) in [6.45, 7) is 2.76. The Kier molecular flexibility index (Phi) is 8.62. The molecule has 0 atom stereocenters. The standard InChI is InChI=1S/C23H24ClF3N6O3/c24-19-9-16(3-4-21(19)36-23(25,26)27)12-28-5-1-6-34-7-2-8-35-22-11-17(33-14-30-31-15-33)10-20-18(22)13-29-32-20/h3-4,9-11,13-15,28H,1-2,5-8,12H2,(H,29,32). The number of rotatable bonds is 13. The Bertz CT molecular complexity index is 1250. The van der Waals surface area contributed by atoms with Crippen LogP contribution in [0.5, 0.6) is 11.5 Å². The highest BCUT2D eigenvalue weighted by Gasteiger charge is 2.32. The zero-order valence-electron chi connectivity index (χ0n) is 19.1. The van der Waals surface area contributed by atoms with Gasteiger partial charge in [-0.1, -0.05) is 17.7 Å². The van der Waals surface area contributed by atoms with Crippen LogP contribution < -0.4 is 14.8 Å². The molecule has 36 heavy (non-hydrogen) atoms. The van der Waals surface area contributed by atoms with Crippen molar-refractivity contribution in [3.63, 3.8) is 0 Å². The molecule has 192 valence electrons. The first-order chi connectivity index (χ1) is 17.4. The molecule has 0 fully saturated rings. The number of benzene rings is 2. The number of halogens is 4. The molecule has 13 heteroatoms. The highest BCUT2D eigenvalue weighted by molar-refractivity contribution is 6.32. The largest absolute Gasteiger partial charge is 0.573 e. The quantitative estimate of drug-likeness (QED) is 0.245. The van der Waals surface area contributed by atoms with Gasteiger partial charge in [-0.15, -0.1) is 23.4 Å². The van der Waals surface area contributed by atoms with Crippen LogP contribution in [0.1, 0.15) is 18.4 Å². The van der Waals surface area contributed by atoms with Crippen molar-refractivity contribution in [2.45, 2.75) is 25.7 Å². The SMILES string of the molecule is FC(F)(F)Oc1ccc(CNCCCOCCCOc2cc(-n3cnnc3)cc3[nH]ncc23)cc1Cl. The molecule has 4 aromatic rings. The maximum atomic E-state index is 12.3. The van der Waals surface area contributed by atoms with Crippen molar-refractivity contribution in [3.05, 3.63) is 59.8 Å². The van der Waals surface area contributed by atoms with E-state index in [-0.39, 0.29) is 5.02 Å². The fourth-order valence-electron chi connectivity index (χ4n) is 3.45. The van der Waals surface area contributed by atoms with E-state index < -0.39 is 12.1 Å². The van der Waals surface area contributed by atoms with E-state index in [0.29, 0.717) is 45.1 Å². The highest BCUT2D eigenvalue weighted by atomic mass is 35.5. The smallest absolute Gasteiger partial charge is 0.493 e. The lowest BCUT2D eigenvalue weighted by Crippen LogP contribution is -2.18. The first-order valence-corrected chi connectivity index (χ1v) is 11.5. The molecular formula is C23H24ClF3N6O3. The minimum Gasteiger partial charge on any atom is -0.493 e. The van der Waals surface area contributed by atoms with Gasteiger partial charge in [-0.3, -0.25) is 9.67 Å². The van der Waals surface area contributed by atoms with Crippen molar-refractivity contribution in [1.82, 2.24) is 30.3 Å². The summed E-state index contributed by atoms with van der Waals surface area (Å²) in [5.41, 5.74) is 2.48. The van der Waals surface area contributed by atoms with Gasteiger partial charge in [0.25, 0.3) is 0 Å². The van der Waals surface area contributed by atoms with E-state index in [4.69, 9.17) is 21.1 Å². The number of hydrogen-bond acceptors (Lipinski definition) is 7. The molecule has 0 aliphatic heterocycles. The van der Waals surface area contributed by atoms with Crippen LogP contribution in [0.25, 0.3) is 16.6 Å². The molecular weight excluding hydrogens is 501 g/mol. The first kappa shape index (κ1) is 25.7. The number of aromatic nitrogens is 5. The number of ether oxygens (including phenoxy) is 3. The number of alkyl halides is 3. The lowest BCUT2D eigenvalue weighted by molar-refractivity contribution is -0.274. The Morgan fingerprint density at radius 3 is 2.58 bits per heavy atom. The van der Waals surface area contributed by atoms with E-state index >= 15 is 0 Å². The van der Waals surface area contributed by atoms with E-state index in [9.17, 15) is 13.2 Å². The Labute approximate surface area is 209 Å². The number of nitrogens with zero attached hydrogens (tertiary/aromatic N) is 4. The van der Waals surface area contributed by atoms with Crippen molar-refractivity contribution >= 4 is 22.5 Å². The molecule has 2 aromatic carbocycles. The average Bonchev–Trinajstić information content (AvgIpc) is 3.53. The summed E-state index contributed by atoms with van der Waals surface area (Å²) in [6.07, 6.45) is 1.67. The molecule has 0 radical (unpaired) electrons. The third kappa shape index (κ3) is 7.33. The van der Waals surface area contributed by atoms with Gasteiger partial charge in [-0.2, -0.15) is 5.10 Å². The number of H-pyrrole nitrogens is 1. The number of aromatic amines is 1. The van der Waals surface area contributed by atoms with E-state index in [2.05, 4.69) is 30.4 Å². The summed E-state index contributed by atoms with van der Waals surface area (Å²) in [5, 5.41) is 18.7. The Morgan fingerprint density at radius 1 is 1.00 bits per heavy atom. The van der Waals surface area contributed by atoms with Crippen LogP contribution in [0.4, 0.5) is 13.2 Å². The minimum atomic E-state index is -4.77. The van der Waals surface area contributed by atoms with Crippen LogP contribution in [0.2, 0.25) is 5.02 Å². The van der Waals surface area contributed by atoms with Crippen LogP contribution in [0, 0.1) is 0 Å². The fraction of sp³-hybridized carbons (Fsp3) is 0.348. The molecule has 0 aliphatic rings. The maximum Gasteiger partial charge on any atom is 0.573 e. The van der Waals surface area contributed by atoms with Crippen LogP contribution >= 0.6 is 11.6 Å². The van der Waals surface area contributed by atoms with Crippen molar-refractivity contribution < 1.29 is 27.4 Å². The summed E-state index contributed by atoms with van der Waals surface area (Å²) in [7, 11) is 0. The monoisotopic (exact) mass is 524 g/mol. The molecule has 0 amide bonds. The number of hydrogen-bond donors (Lipinski definition) is 2. The molecule has 2 heterocycles. The molecule has 9 nitrogen and oxygen atoms in total. The van der Waals surface area contributed by atoms with Crippen molar-refractivity contribution in [2.75, 3.05) is 26.4 Å². The summed E-state index contributed by atoms with van der Waals surface area (Å²) in [6, 6.07) is 8.06. The second-order valence-corrected chi connectivity index (χ2v) is 8.21. The topological polar surface area (TPSA) is 99.1 Å². The van der Waals surface area contributed by atoms with Crippen LogP contribution in [-0.4, -0.2) is 57.7 Å². The third-order valence-corrected chi connectivity index (χ3v) is 5.40. The highest BCUT2D eigenvalue weighted by Crippen LogP contribution is 2.31. The molecule has 4 rings (SSSR count). The van der Waals surface area contributed by atoms with Crippen LogP contribution in [0.15, 0.2) is 49.2 Å². The minimum absolute atomic E-state index is 0.0869. The van der Waals surface area contributed by atoms with Crippen molar-refractivity contribution in [2.24, 2.45) is 0 Å². The molecule has 2 aromatic heterocycles. The van der Waals surface area contributed by atoms with Gasteiger partial charge < -0.3 is 19.5 Å². The lowest BCUT2D eigenvalue weighted by Gasteiger charge is -2.12. The third-order valence-electron chi connectivity index (χ3n) is 5.11. The zero-order valence-corrected chi connectivity index (χ0v) is 19.8. The maximum absolute atomic E-state index is 12.3. The van der Waals surface area contributed by atoms with Gasteiger partial charge in [-0.25, -0.2) is 0 Å². The lowest BCUT2D eigenvalue weighted by atomic mass is 10.2. The molecule has 0 aliphatic carbocycles. The predicted molar refractivity (Wildman–Crippen MR) is 126 cm³/mol. The first-order valence-electron chi connectivity index (χ1n) is 11.2. The fourth-order valence-corrected chi connectivity index (χ4v) is 3.69. The van der Waals surface area contributed by atoms with E-state index in [0.717, 1.165) is 28.6 Å². The molecule has 0 saturated heterocycles. The van der Waals surface area contributed by atoms with Crippen molar-refractivity contribution in [3.8, 4) is 17.2 Å². The van der Waals surface area contributed by atoms with E-state index in [1.54, 1.807) is 23.4 Å². The number of fused-ring (bicyclic) bond motifs is 1. The summed E-state index contributed by atoms with van der Waals surface area (Å²) in [4.78, 5) is 0. The molecule has 0 saturated carbocycles. The molecule has 2 N–H and O–H groups in total. The zero-order chi connectivity index (χ0) is 25.4. The summed E-state index contributed by atoms with van der Waals surface area (Å²) >= 11 is 5.86. The van der Waals surface area contributed by atoms with Gasteiger partial charge in [0.1, 0.15) is 24.2 Å². The predicted octanol–water partition coefficient (Wildman–Crippen LogP) is 4.66. The number of nitrogens with one attached hydrogen (secondary N) is 2. The van der Waals surface area contributed by atoms with Gasteiger partial charge >= 0.3 is 6.36 Å². The normalized spacial score (nSPS) is 11.8. The second kappa shape index (κ2) is 12.1. The average molecular weight is 525 g/mol. The van der Waals surface area contributed by atoms with Gasteiger partial charge in [0.2, 0.25) is 0 Å². The summed E-state index contributed by atoms with van der Waals surface area (Å²) in [5.74, 6) is 0.301.